The van der Waals surface area contributed by atoms with Crippen LogP contribution in [0.5, 0.6) is 0 Å². The average Bonchev–Trinajstić information content (AvgIpc) is 2.99. The van der Waals surface area contributed by atoms with Crippen LogP contribution >= 0.6 is 0 Å². The molecule has 0 bridgehead atoms. The number of nitrogens with one attached hydrogen (secondary N) is 1. The van der Waals surface area contributed by atoms with E-state index in [1.807, 2.05) is 6.92 Å². The van der Waals surface area contributed by atoms with Crippen molar-refractivity contribution in [2.75, 3.05) is 0 Å². The molecule has 0 aromatic carbocycles. The van der Waals surface area contributed by atoms with Crippen molar-refractivity contribution < 1.29 is 9.90 Å². The molecule has 15 heavy (non-hydrogen) atoms. The summed E-state index contributed by atoms with van der Waals surface area (Å²) >= 11 is 0. The highest BCUT2D eigenvalue weighted by Crippen LogP contribution is 2.29. The van der Waals surface area contributed by atoms with Gasteiger partial charge in [-0.2, -0.15) is 0 Å². The van der Waals surface area contributed by atoms with Gasteiger partial charge in [0.1, 0.15) is 5.54 Å². The zero-order valence-corrected chi connectivity index (χ0v) is 10.0. The van der Waals surface area contributed by atoms with E-state index in [1.165, 1.54) is 0 Å². The van der Waals surface area contributed by atoms with E-state index < -0.39 is 11.5 Å². The van der Waals surface area contributed by atoms with Crippen molar-refractivity contribution in [1.82, 2.24) is 5.32 Å². The second-order valence-electron chi connectivity index (χ2n) is 4.88. The number of hydrogen-bond donors (Lipinski definition) is 2. The number of carbonyl (C=O) groups is 1. The Morgan fingerprint density at radius 1 is 1.53 bits per heavy atom. The Labute approximate surface area is 92.3 Å². The fourth-order valence-corrected chi connectivity index (χ4v) is 1.96. The standard InChI is InChI=1S/C12H23NO2/c1-4-9(3)8-12(5-2,11(14)15)13-10-6-7-10/h9-10,13H,4-8H2,1-3H3,(H,14,15). The van der Waals surface area contributed by atoms with E-state index in [0.29, 0.717) is 18.4 Å². The molecule has 2 N–H and O–H groups in total. The molecule has 1 fully saturated rings. The molecule has 0 amide bonds. The van der Waals surface area contributed by atoms with Crippen LogP contribution in [0, 0.1) is 5.92 Å². The maximum atomic E-state index is 11.4. The molecular weight excluding hydrogens is 190 g/mol. The first kappa shape index (κ1) is 12.5. The number of hydrogen-bond acceptors (Lipinski definition) is 2. The van der Waals surface area contributed by atoms with Crippen LogP contribution in [0.4, 0.5) is 0 Å². The molecule has 0 spiro atoms. The zero-order chi connectivity index (χ0) is 11.5. The van der Waals surface area contributed by atoms with E-state index in [9.17, 15) is 9.90 Å². The van der Waals surface area contributed by atoms with Gasteiger partial charge in [0.2, 0.25) is 0 Å². The summed E-state index contributed by atoms with van der Waals surface area (Å²) < 4.78 is 0. The summed E-state index contributed by atoms with van der Waals surface area (Å²) in [5.41, 5.74) is -0.684. The lowest BCUT2D eigenvalue weighted by Gasteiger charge is -2.32. The normalized spacial score (nSPS) is 22.1. The van der Waals surface area contributed by atoms with Gasteiger partial charge in [0.25, 0.3) is 0 Å². The van der Waals surface area contributed by atoms with Gasteiger partial charge in [-0.25, -0.2) is 0 Å². The van der Waals surface area contributed by atoms with Crippen LogP contribution in [0.1, 0.15) is 52.9 Å². The second kappa shape index (κ2) is 4.97. The molecule has 2 unspecified atom stereocenters. The monoisotopic (exact) mass is 213 g/mol. The minimum absolute atomic E-state index is 0.449. The molecule has 88 valence electrons. The van der Waals surface area contributed by atoms with Gasteiger partial charge in [-0.05, 0) is 31.6 Å². The van der Waals surface area contributed by atoms with Crippen LogP contribution in [0.25, 0.3) is 0 Å². The van der Waals surface area contributed by atoms with Gasteiger partial charge in [0.15, 0.2) is 0 Å². The number of rotatable bonds is 7. The van der Waals surface area contributed by atoms with Gasteiger partial charge in [-0.1, -0.05) is 27.2 Å². The van der Waals surface area contributed by atoms with Crippen molar-refractivity contribution in [2.24, 2.45) is 5.92 Å². The minimum Gasteiger partial charge on any atom is -0.480 e. The largest absolute Gasteiger partial charge is 0.480 e. The van der Waals surface area contributed by atoms with E-state index >= 15 is 0 Å². The Bertz CT molecular complexity index is 226. The van der Waals surface area contributed by atoms with Crippen molar-refractivity contribution in [2.45, 2.75) is 64.5 Å². The Kier molecular flexibility index (Phi) is 4.14. The molecule has 1 rings (SSSR count). The molecule has 0 heterocycles. The maximum absolute atomic E-state index is 11.4. The first-order chi connectivity index (χ1) is 7.04. The van der Waals surface area contributed by atoms with Gasteiger partial charge in [0.05, 0.1) is 0 Å². The third kappa shape index (κ3) is 3.20. The fourth-order valence-electron chi connectivity index (χ4n) is 1.96. The molecule has 1 aliphatic rings. The summed E-state index contributed by atoms with van der Waals surface area (Å²) in [7, 11) is 0. The number of carboxylic acids is 1. The van der Waals surface area contributed by atoms with Crippen LogP contribution in [0.15, 0.2) is 0 Å². The summed E-state index contributed by atoms with van der Waals surface area (Å²) in [6.45, 7) is 6.21. The van der Waals surface area contributed by atoms with Crippen LogP contribution in [0.3, 0.4) is 0 Å². The summed E-state index contributed by atoms with van der Waals surface area (Å²) in [5, 5.41) is 12.7. The summed E-state index contributed by atoms with van der Waals surface area (Å²) in [6, 6.07) is 0.449. The maximum Gasteiger partial charge on any atom is 0.323 e. The van der Waals surface area contributed by atoms with Gasteiger partial charge < -0.3 is 5.11 Å². The average molecular weight is 213 g/mol. The molecule has 0 aliphatic heterocycles. The quantitative estimate of drug-likeness (QED) is 0.682. The third-order valence-corrected chi connectivity index (χ3v) is 3.46. The molecule has 0 radical (unpaired) electrons. The second-order valence-corrected chi connectivity index (χ2v) is 4.88. The van der Waals surface area contributed by atoms with Gasteiger partial charge in [-0.3, -0.25) is 10.1 Å². The predicted molar refractivity (Wildman–Crippen MR) is 60.9 cm³/mol. The van der Waals surface area contributed by atoms with Crippen molar-refractivity contribution in [3.05, 3.63) is 0 Å². The van der Waals surface area contributed by atoms with Crippen molar-refractivity contribution >= 4 is 5.97 Å². The lowest BCUT2D eigenvalue weighted by atomic mass is 9.84. The summed E-state index contributed by atoms with van der Waals surface area (Å²) in [6.07, 6.45) is 4.72. The highest BCUT2D eigenvalue weighted by atomic mass is 16.4. The SMILES string of the molecule is CCC(C)CC(CC)(NC1CC1)C(=O)O. The lowest BCUT2D eigenvalue weighted by Crippen LogP contribution is -2.53. The predicted octanol–water partition coefficient (Wildman–Crippen LogP) is 2.41. The molecule has 0 saturated heterocycles. The van der Waals surface area contributed by atoms with Crippen LogP contribution in [-0.4, -0.2) is 22.7 Å². The molecular formula is C12H23NO2. The van der Waals surface area contributed by atoms with E-state index in [0.717, 1.165) is 25.7 Å². The molecule has 3 nitrogen and oxygen atoms in total. The van der Waals surface area contributed by atoms with Gasteiger partial charge >= 0.3 is 5.97 Å². The molecule has 1 saturated carbocycles. The molecule has 2 atom stereocenters. The summed E-state index contributed by atoms with van der Waals surface area (Å²) in [4.78, 5) is 11.4. The third-order valence-electron chi connectivity index (χ3n) is 3.46. The zero-order valence-electron chi connectivity index (χ0n) is 10.0. The van der Waals surface area contributed by atoms with Crippen LogP contribution < -0.4 is 5.32 Å². The fraction of sp³-hybridized carbons (Fsp3) is 0.917. The first-order valence-electron chi connectivity index (χ1n) is 6.05. The van der Waals surface area contributed by atoms with Crippen molar-refractivity contribution in [1.29, 1.82) is 0 Å². The van der Waals surface area contributed by atoms with Crippen LogP contribution in [0.2, 0.25) is 0 Å². The van der Waals surface area contributed by atoms with Crippen LogP contribution in [-0.2, 0) is 4.79 Å². The molecule has 1 aliphatic carbocycles. The Balaban J connectivity index is 2.67. The topological polar surface area (TPSA) is 49.3 Å². The Morgan fingerprint density at radius 3 is 2.47 bits per heavy atom. The highest BCUT2D eigenvalue weighted by molar-refractivity contribution is 5.78. The Morgan fingerprint density at radius 2 is 2.13 bits per heavy atom. The summed E-state index contributed by atoms with van der Waals surface area (Å²) in [5.74, 6) is -0.218. The number of aliphatic carboxylic acids is 1. The van der Waals surface area contributed by atoms with E-state index in [4.69, 9.17) is 0 Å². The van der Waals surface area contributed by atoms with Gasteiger partial charge in [0, 0.05) is 6.04 Å². The van der Waals surface area contributed by atoms with Crippen molar-refractivity contribution in [3.63, 3.8) is 0 Å². The van der Waals surface area contributed by atoms with Crippen molar-refractivity contribution in [3.8, 4) is 0 Å². The van der Waals surface area contributed by atoms with E-state index in [-0.39, 0.29) is 0 Å². The van der Waals surface area contributed by atoms with Gasteiger partial charge in [-0.15, -0.1) is 0 Å². The number of carboxylic acid groups (broad SMARTS) is 1. The smallest absolute Gasteiger partial charge is 0.323 e. The molecule has 0 aromatic heterocycles. The molecule has 3 heteroatoms. The Hall–Kier alpha value is -0.570. The van der Waals surface area contributed by atoms with E-state index in [2.05, 4.69) is 19.2 Å². The highest BCUT2D eigenvalue weighted by Gasteiger charge is 2.41. The first-order valence-corrected chi connectivity index (χ1v) is 6.05. The minimum atomic E-state index is -0.684. The van der Waals surface area contributed by atoms with E-state index in [1.54, 1.807) is 0 Å². The lowest BCUT2D eigenvalue weighted by molar-refractivity contribution is -0.146. The molecule has 0 aromatic rings.